The zero-order valence-corrected chi connectivity index (χ0v) is 7.02. The van der Waals surface area contributed by atoms with Crippen molar-refractivity contribution in [2.75, 3.05) is 13.7 Å². The van der Waals surface area contributed by atoms with Crippen LogP contribution in [0.2, 0.25) is 0 Å². The molecular formula is C7H9NO2S. The number of carbonyl (C=O) groups excluding carboxylic acids is 1. The van der Waals surface area contributed by atoms with Crippen LogP contribution >= 0.6 is 12.6 Å². The van der Waals surface area contributed by atoms with Crippen LogP contribution in [-0.4, -0.2) is 19.6 Å². The Balaban J connectivity index is 2.68. The van der Waals surface area contributed by atoms with Gasteiger partial charge in [-0.05, 0) is 12.2 Å². The molecule has 0 aliphatic carbocycles. The van der Waals surface area contributed by atoms with Crippen LogP contribution in [0.1, 0.15) is 0 Å². The second-order valence-corrected chi connectivity index (χ2v) is 2.57. The summed E-state index contributed by atoms with van der Waals surface area (Å²) in [4.78, 5) is 10.9. The van der Waals surface area contributed by atoms with Crippen LogP contribution in [0.15, 0.2) is 22.8 Å². The fraction of sp³-hybridized carbons (Fsp3) is 0.286. The number of esters is 1. The highest BCUT2D eigenvalue weighted by atomic mass is 32.1. The van der Waals surface area contributed by atoms with Gasteiger partial charge in [0.15, 0.2) is 0 Å². The maximum absolute atomic E-state index is 10.9. The lowest BCUT2D eigenvalue weighted by atomic mass is 10.2. The first-order chi connectivity index (χ1) is 5.24. The minimum atomic E-state index is -0.297. The van der Waals surface area contributed by atoms with Crippen molar-refractivity contribution < 1.29 is 9.53 Å². The molecule has 3 nitrogen and oxygen atoms in total. The van der Waals surface area contributed by atoms with Gasteiger partial charge in [0.25, 0.3) is 0 Å². The van der Waals surface area contributed by atoms with E-state index in [-0.39, 0.29) is 5.97 Å². The molecule has 0 aromatic rings. The van der Waals surface area contributed by atoms with Crippen LogP contribution in [0.4, 0.5) is 0 Å². The summed E-state index contributed by atoms with van der Waals surface area (Å²) in [7, 11) is 1.36. The van der Waals surface area contributed by atoms with Gasteiger partial charge in [-0.25, -0.2) is 4.79 Å². The van der Waals surface area contributed by atoms with Gasteiger partial charge in [-0.15, -0.1) is 12.6 Å². The Hall–Kier alpha value is -0.900. The Morgan fingerprint density at radius 3 is 2.91 bits per heavy atom. The average molecular weight is 171 g/mol. The van der Waals surface area contributed by atoms with Crippen molar-refractivity contribution in [3.05, 3.63) is 22.8 Å². The van der Waals surface area contributed by atoms with Crippen molar-refractivity contribution in [1.82, 2.24) is 5.32 Å². The molecule has 0 fully saturated rings. The molecule has 0 saturated carbocycles. The van der Waals surface area contributed by atoms with Gasteiger partial charge < -0.3 is 10.1 Å². The van der Waals surface area contributed by atoms with E-state index in [4.69, 9.17) is 0 Å². The van der Waals surface area contributed by atoms with Crippen LogP contribution in [0.3, 0.4) is 0 Å². The lowest BCUT2D eigenvalue weighted by Gasteiger charge is -2.11. The van der Waals surface area contributed by atoms with E-state index in [1.807, 2.05) is 0 Å². The second-order valence-electron chi connectivity index (χ2n) is 2.09. The van der Waals surface area contributed by atoms with Gasteiger partial charge in [-0.1, -0.05) is 0 Å². The third kappa shape index (κ3) is 2.01. The normalized spacial score (nSPS) is 16.2. The molecule has 1 aliphatic rings. The number of nitrogens with one attached hydrogen (secondary N) is 1. The predicted molar refractivity (Wildman–Crippen MR) is 45.2 cm³/mol. The van der Waals surface area contributed by atoms with E-state index < -0.39 is 0 Å². The number of hydrogen-bond donors (Lipinski definition) is 2. The fourth-order valence-electron chi connectivity index (χ4n) is 0.754. The van der Waals surface area contributed by atoms with Crippen LogP contribution in [-0.2, 0) is 9.53 Å². The maximum Gasteiger partial charge on any atom is 0.335 e. The number of thiol groups is 1. The molecule has 0 aromatic carbocycles. The highest BCUT2D eigenvalue weighted by Gasteiger charge is 2.10. The van der Waals surface area contributed by atoms with E-state index in [0.717, 1.165) is 5.03 Å². The number of allylic oxidation sites excluding steroid dienone is 2. The first-order valence-corrected chi connectivity index (χ1v) is 3.61. The maximum atomic E-state index is 10.9. The molecule has 0 bridgehead atoms. The van der Waals surface area contributed by atoms with Gasteiger partial charge in [-0.3, -0.25) is 0 Å². The van der Waals surface area contributed by atoms with Crippen molar-refractivity contribution in [1.29, 1.82) is 0 Å². The topological polar surface area (TPSA) is 38.3 Å². The van der Waals surface area contributed by atoms with Gasteiger partial charge in [0.05, 0.1) is 17.7 Å². The SMILES string of the molecule is COC(=O)C1=CC=C(S)NC1. The second kappa shape index (κ2) is 3.48. The summed E-state index contributed by atoms with van der Waals surface area (Å²) in [5.41, 5.74) is 0.616. The molecule has 0 atom stereocenters. The highest BCUT2D eigenvalue weighted by molar-refractivity contribution is 7.84. The Morgan fingerprint density at radius 1 is 1.73 bits per heavy atom. The standard InChI is InChI=1S/C7H9NO2S/c1-10-7(9)5-2-3-6(11)8-4-5/h2-3,8,11H,4H2,1H3. The van der Waals surface area contributed by atoms with Crippen LogP contribution < -0.4 is 5.32 Å². The summed E-state index contributed by atoms with van der Waals surface area (Å²) in [6.45, 7) is 0.488. The monoisotopic (exact) mass is 171 g/mol. The zero-order valence-electron chi connectivity index (χ0n) is 6.13. The number of ether oxygens (including phenoxy) is 1. The Kier molecular flexibility index (Phi) is 2.59. The minimum Gasteiger partial charge on any atom is -0.466 e. The minimum absolute atomic E-state index is 0.297. The Bertz CT molecular complexity index is 233. The Labute approximate surface area is 70.5 Å². The molecule has 1 aliphatic heterocycles. The molecule has 0 amide bonds. The van der Waals surface area contributed by atoms with E-state index in [1.165, 1.54) is 7.11 Å². The van der Waals surface area contributed by atoms with Crippen LogP contribution in [0.25, 0.3) is 0 Å². The third-order valence-electron chi connectivity index (χ3n) is 1.35. The largest absolute Gasteiger partial charge is 0.466 e. The Morgan fingerprint density at radius 2 is 2.45 bits per heavy atom. The van der Waals surface area contributed by atoms with E-state index in [0.29, 0.717) is 12.1 Å². The lowest BCUT2D eigenvalue weighted by molar-refractivity contribution is -0.136. The summed E-state index contributed by atoms with van der Waals surface area (Å²) in [5, 5.41) is 3.67. The summed E-state index contributed by atoms with van der Waals surface area (Å²) < 4.78 is 4.52. The molecule has 0 aromatic heterocycles. The summed E-state index contributed by atoms with van der Waals surface area (Å²) in [6.07, 6.45) is 3.42. The molecule has 60 valence electrons. The van der Waals surface area contributed by atoms with Crippen molar-refractivity contribution in [3.8, 4) is 0 Å². The first kappa shape index (κ1) is 8.20. The molecule has 11 heavy (non-hydrogen) atoms. The smallest absolute Gasteiger partial charge is 0.335 e. The van der Waals surface area contributed by atoms with Gasteiger partial charge in [0.1, 0.15) is 0 Å². The first-order valence-electron chi connectivity index (χ1n) is 3.16. The van der Waals surface area contributed by atoms with Gasteiger partial charge in [0, 0.05) is 6.54 Å². The third-order valence-corrected chi connectivity index (χ3v) is 1.66. The number of methoxy groups -OCH3 is 1. The van der Waals surface area contributed by atoms with Gasteiger partial charge in [0.2, 0.25) is 0 Å². The predicted octanol–water partition coefficient (Wildman–Crippen LogP) is 0.460. The fourth-order valence-corrected chi connectivity index (χ4v) is 0.908. The number of carbonyl (C=O) groups is 1. The number of rotatable bonds is 1. The zero-order chi connectivity index (χ0) is 8.27. The molecule has 1 heterocycles. The van der Waals surface area contributed by atoms with Crippen molar-refractivity contribution in [2.45, 2.75) is 0 Å². The van der Waals surface area contributed by atoms with Crippen molar-refractivity contribution in [3.63, 3.8) is 0 Å². The summed E-state index contributed by atoms with van der Waals surface area (Å²) in [5.74, 6) is -0.297. The molecule has 0 radical (unpaired) electrons. The molecule has 0 unspecified atom stereocenters. The van der Waals surface area contributed by atoms with E-state index in [9.17, 15) is 4.79 Å². The molecule has 1 rings (SSSR count). The highest BCUT2D eigenvalue weighted by Crippen LogP contribution is 2.07. The van der Waals surface area contributed by atoms with E-state index in [2.05, 4.69) is 22.7 Å². The molecule has 1 N–H and O–H groups in total. The number of dihydropyridines is 1. The summed E-state index contributed by atoms with van der Waals surface area (Å²) in [6, 6.07) is 0. The van der Waals surface area contributed by atoms with Crippen LogP contribution in [0, 0.1) is 0 Å². The molecule has 0 spiro atoms. The van der Waals surface area contributed by atoms with Gasteiger partial charge in [-0.2, -0.15) is 0 Å². The molecular weight excluding hydrogens is 162 g/mol. The van der Waals surface area contributed by atoms with Crippen molar-refractivity contribution in [2.24, 2.45) is 0 Å². The molecule has 0 saturated heterocycles. The average Bonchev–Trinajstić information content (AvgIpc) is 2.05. The van der Waals surface area contributed by atoms with Crippen molar-refractivity contribution >= 4 is 18.6 Å². The van der Waals surface area contributed by atoms with E-state index in [1.54, 1.807) is 12.2 Å². The molecule has 4 heteroatoms. The lowest BCUT2D eigenvalue weighted by Crippen LogP contribution is -2.22. The quantitative estimate of drug-likeness (QED) is 0.444. The van der Waals surface area contributed by atoms with Crippen LogP contribution in [0.5, 0.6) is 0 Å². The van der Waals surface area contributed by atoms with E-state index >= 15 is 0 Å². The number of hydrogen-bond acceptors (Lipinski definition) is 4. The summed E-state index contributed by atoms with van der Waals surface area (Å²) >= 11 is 4.05. The van der Waals surface area contributed by atoms with Gasteiger partial charge >= 0.3 is 5.97 Å².